The van der Waals surface area contributed by atoms with Crippen molar-refractivity contribution < 1.29 is 24.2 Å². The van der Waals surface area contributed by atoms with Gasteiger partial charge in [0.05, 0.1) is 19.8 Å². The van der Waals surface area contributed by atoms with Gasteiger partial charge >= 0.3 is 11.8 Å². The Morgan fingerprint density at radius 2 is 1.76 bits per heavy atom. The summed E-state index contributed by atoms with van der Waals surface area (Å²) in [7, 11) is 0. The van der Waals surface area contributed by atoms with E-state index in [1.165, 1.54) is 6.92 Å². The highest BCUT2D eigenvalue weighted by Gasteiger charge is 2.13. The van der Waals surface area contributed by atoms with Gasteiger partial charge in [-0.3, -0.25) is 14.4 Å². The van der Waals surface area contributed by atoms with Gasteiger partial charge in [0.1, 0.15) is 0 Å². The Morgan fingerprint density at radius 3 is 2.33 bits per heavy atom. The van der Waals surface area contributed by atoms with Gasteiger partial charge in [-0.25, -0.2) is 0 Å². The molecular weight excluding hydrogens is 276 g/mol. The fourth-order valence-electron chi connectivity index (χ4n) is 1.46. The number of Topliss-reactive ketones (excluding diaryl/α,β-unsaturated/α-hetero) is 1. The SMILES string of the molecule is CC(=O)c1ccc(NC(=O)C(=O)NCCOCCO)cc1. The number of amides is 2. The lowest BCUT2D eigenvalue weighted by molar-refractivity contribution is -0.136. The molecular formula is C14H18N2O5. The Balaban J connectivity index is 2.38. The van der Waals surface area contributed by atoms with E-state index in [4.69, 9.17) is 9.84 Å². The molecule has 0 atom stereocenters. The maximum Gasteiger partial charge on any atom is 0.313 e. The number of rotatable bonds is 7. The number of hydrogen-bond donors (Lipinski definition) is 3. The molecule has 0 aromatic heterocycles. The fourth-order valence-corrected chi connectivity index (χ4v) is 1.46. The van der Waals surface area contributed by atoms with Crippen LogP contribution in [-0.2, 0) is 14.3 Å². The molecule has 0 bridgehead atoms. The van der Waals surface area contributed by atoms with E-state index in [0.717, 1.165) is 0 Å². The first-order chi connectivity index (χ1) is 10.0. The van der Waals surface area contributed by atoms with E-state index in [-0.39, 0.29) is 32.1 Å². The number of aliphatic hydroxyl groups excluding tert-OH is 1. The number of ether oxygens (including phenoxy) is 1. The highest BCUT2D eigenvalue weighted by atomic mass is 16.5. The normalized spacial score (nSPS) is 10.0. The number of carbonyl (C=O) groups excluding carboxylic acids is 3. The maximum atomic E-state index is 11.6. The molecule has 0 aliphatic rings. The van der Waals surface area contributed by atoms with E-state index in [1.54, 1.807) is 24.3 Å². The maximum absolute atomic E-state index is 11.6. The average Bonchev–Trinajstić information content (AvgIpc) is 2.47. The molecule has 1 aromatic carbocycles. The summed E-state index contributed by atoms with van der Waals surface area (Å²) in [6.07, 6.45) is 0. The molecule has 0 radical (unpaired) electrons. The van der Waals surface area contributed by atoms with Gasteiger partial charge in [0.25, 0.3) is 0 Å². The smallest absolute Gasteiger partial charge is 0.313 e. The summed E-state index contributed by atoms with van der Waals surface area (Å²) >= 11 is 0. The second-order valence-corrected chi connectivity index (χ2v) is 4.18. The minimum absolute atomic E-state index is 0.0755. The Morgan fingerprint density at radius 1 is 1.10 bits per heavy atom. The molecule has 0 aliphatic carbocycles. The van der Waals surface area contributed by atoms with Gasteiger partial charge in [0.2, 0.25) is 0 Å². The van der Waals surface area contributed by atoms with Crippen molar-refractivity contribution in [1.29, 1.82) is 0 Å². The van der Waals surface area contributed by atoms with Gasteiger partial charge in [-0.1, -0.05) is 0 Å². The highest BCUT2D eigenvalue weighted by molar-refractivity contribution is 6.39. The summed E-state index contributed by atoms with van der Waals surface area (Å²) in [5, 5.41) is 13.3. The van der Waals surface area contributed by atoms with E-state index in [0.29, 0.717) is 11.3 Å². The number of nitrogens with one attached hydrogen (secondary N) is 2. The third-order valence-electron chi connectivity index (χ3n) is 2.52. The Hall–Kier alpha value is -2.25. The lowest BCUT2D eigenvalue weighted by Crippen LogP contribution is -2.37. The molecule has 0 fully saturated rings. The van der Waals surface area contributed by atoms with E-state index in [9.17, 15) is 14.4 Å². The van der Waals surface area contributed by atoms with Crippen LogP contribution in [0.4, 0.5) is 5.69 Å². The van der Waals surface area contributed by atoms with Crippen LogP contribution in [0.25, 0.3) is 0 Å². The van der Waals surface area contributed by atoms with Crippen molar-refractivity contribution in [3.8, 4) is 0 Å². The minimum Gasteiger partial charge on any atom is -0.394 e. The lowest BCUT2D eigenvalue weighted by Gasteiger charge is -2.07. The molecule has 1 rings (SSSR count). The predicted molar refractivity (Wildman–Crippen MR) is 76.0 cm³/mol. The van der Waals surface area contributed by atoms with Crippen LogP contribution in [0.15, 0.2) is 24.3 Å². The number of ketones is 1. The standard InChI is InChI=1S/C14H18N2O5/c1-10(18)11-2-4-12(5-3-11)16-14(20)13(19)15-6-8-21-9-7-17/h2-5,17H,6-9H2,1H3,(H,15,19)(H,16,20). The van der Waals surface area contributed by atoms with Crippen molar-refractivity contribution >= 4 is 23.3 Å². The van der Waals surface area contributed by atoms with Crippen LogP contribution in [0.2, 0.25) is 0 Å². The zero-order valence-electron chi connectivity index (χ0n) is 11.7. The van der Waals surface area contributed by atoms with Gasteiger partial charge in [0, 0.05) is 17.8 Å². The van der Waals surface area contributed by atoms with Crippen LogP contribution >= 0.6 is 0 Å². The molecule has 0 spiro atoms. The number of aliphatic hydroxyl groups is 1. The van der Waals surface area contributed by atoms with Crippen molar-refractivity contribution in [2.45, 2.75) is 6.92 Å². The summed E-state index contributed by atoms with van der Waals surface area (Å²) in [6.45, 7) is 1.93. The molecule has 0 saturated carbocycles. The van der Waals surface area contributed by atoms with Gasteiger partial charge in [-0.05, 0) is 31.2 Å². The van der Waals surface area contributed by atoms with Crippen LogP contribution in [0, 0.1) is 0 Å². The van der Waals surface area contributed by atoms with Crippen LogP contribution in [0.5, 0.6) is 0 Å². The third-order valence-corrected chi connectivity index (χ3v) is 2.52. The van der Waals surface area contributed by atoms with Crippen LogP contribution < -0.4 is 10.6 Å². The fraction of sp³-hybridized carbons (Fsp3) is 0.357. The second-order valence-electron chi connectivity index (χ2n) is 4.18. The average molecular weight is 294 g/mol. The molecule has 0 saturated heterocycles. The first kappa shape index (κ1) is 16.8. The summed E-state index contributed by atoms with van der Waals surface area (Å²) < 4.78 is 4.94. The molecule has 7 nitrogen and oxygen atoms in total. The molecule has 114 valence electrons. The Kier molecular flexibility index (Phi) is 7.06. The number of benzene rings is 1. The van der Waals surface area contributed by atoms with Gasteiger partial charge in [-0.2, -0.15) is 0 Å². The molecule has 0 heterocycles. The van der Waals surface area contributed by atoms with E-state index < -0.39 is 11.8 Å². The first-order valence-corrected chi connectivity index (χ1v) is 6.43. The second kappa shape index (κ2) is 8.83. The summed E-state index contributed by atoms with van der Waals surface area (Å²) in [6, 6.07) is 6.23. The summed E-state index contributed by atoms with van der Waals surface area (Å²) in [5.41, 5.74) is 0.954. The third kappa shape index (κ3) is 6.15. The molecule has 0 unspecified atom stereocenters. The summed E-state index contributed by atoms with van der Waals surface area (Å²) in [5.74, 6) is -1.65. The predicted octanol–water partition coefficient (Wildman–Crippen LogP) is -0.0472. The Labute approximate surface area is 122 Å². The first-order valence-electron chi connectivity index (χ1n) is 6.43. The molecule has 7 heteroatoms. The van der Waals surface area contributed by atoms with E-state index in [2.05, 4.69) is 10.6 Å². The van der Waals surface area contributed by atoms with Gasteiger partial charge in [0.15, 0.2) is 5.78 Å². The van der Waals surface area contributed by atoms with Gasteiger partial charge in [-0.15, -0.1) is 0 Å². The quantitative estimate of drug-likeness (QED) is 0.371. The zero-order chi connectivity index (χ0) is 15.7. The zero-order valence-corrected chi connectivity index (χ0v) is 11.7. The number of anilines is 1. The van der Waals surface area contributed by atoms with Crippen molar-refractivity contribution in [3.05, 3.63) is 29.8 Å². The molecule has 3 N–H and O–H groups in total. The summed E-state index contributed by atoms with van der Waals surface area (Å²) in [4.78, 5) is 34.2. The van der Waals surface area contributed by atoms with Crippen LogP contribution in [-0.4, -0.2) is 49.1 Å². The molecule has 0 aliphatic heterocycles. The van der Waals surface area contributed by atoms with E-state index >= 15 is 0 Å². The molecule has 21 heavy (non-hydrogen) atoms. The van der Waals surface area contributed by atoms with Crippen molar-refractivity contribution in [3.63, 3.8) is 0 Å². The van der Waals surface area contributed by atoms with Crippen molar-refractivity contribution in [1.82, 2.24) is 5.32 Å². The van der Waals surface area contributed by atoms with Crippen LogP contribution in [0.1, 0.15) is 17.3 Å². The topological polar surface area (TPSA) is 105 Å². The number of hydrogen-bond acceptors (Lipinski definition) is 5. The number of carbonyl (C=O) groups is 3. The van der Waals surface area contributed by atoms with Crippen molar-refractivity contribution in [2.75, 3.05) is 31.7 Å². The largest absolute Gasteiger partial charge is 0.394 e. The van der Waals surface area contributed by atoms with Gasteiger partial charge < -0.3 is 20.5 Å². The molecule has 2 amide bonds. The molecule has 1 aromatic rings. The van der Waals surface area contributed by atoms with Crippen molar-refractivity contribution in [2.24, 2.45) is 0 Å². The van der Waals surface area contributed by atoms with Crippen LogP contribution in [0.3, 0.4) is 0 Å². The monoisotopic (exact) mass is 294 g/mol. The van der Waals surface area contributed by atoms with E-state index in [1.807, 2.05) is 0 Å². The highest BCUT2D eigenvalue weighted by Crippen LogP contribution is 2.09. The lowest BCUT2D eigenvalue weighted by atomic mass is 10.1. The minimum atomic E-state index is -0.798. The Bertz CT molecular complexity index is 499.